The number of nitrogens with one attached hydrogen (secondary N) is 1. The summed E-state index contributed by atoms with van der Waals surface area (Å²) in [7, 11) is 0. The van der Waals surface area contributed by atoms with Gasteiger partial charge in [-0.05, 0) is 19.7 Å². The van der Waals surface area contributed by atoms with Crippen LogP contribution in [0.15, 0.2) is 34.6 Å². The zero-order valence-corrected chi connectivity index (χ0v) is 13.7. The van der Waals surface area contributed by atoms with E-state index >= 15 is 0 Å². The average molecular weight is 332 g/mol. The van der Waals surface area contributed by atoms with Crippen molar-refractivity contribution in [2.75, 3.05) is 26.3 Å². The molecule has 3 rings (SSSR count). The van der Waals surface area contributed by atoms with Crippen molar-refractivity contribution in [3.8, 4) is 0 Å². The van der Waals surface area contributed by atoms with Gasteiger partial charge in [-0.2, -0.15) is 0 Å². The molecule has 0 aliphatic carbocycles. The number of aliphatic imine (C=N–C) groups is 2. The Kier molecular flexibility index (Phi) is 4.73. The fraction of sp³-hybridized carbons (Fsp3) is 0.312. The number of amidine groups is 1. The molecule has 1 N–H and O–H groups in total. The lowest BCUT2D eigenvalue weighted by atomic mass is 10.2. The van der Waals surface area contributed by atoms with Crippen LogP contribution in [0.2, 0.25) is 5.02 Å². The van der Waals surface area contributed by atoms with Gasteiger partial charge >= 0.3 is 0 Å². The lowest BCUT2D eigenvalue weighted by molar-refractivity contribution is 0.0678. The van der Waals surface area contributed by atoms with Gasteiger partial charge in [-0.25, -0.2) is 9.98 Å². The number of morpholine rings is 1. The molecule has 120 valence electrons. The number of H-pyrrole nitrogens is 1. The summed E-state index contributed by atoms with van der Waals surface area (Å²) >= 11 is 6.17. The van der Waals surface area contributed by atoms with Gasteiger partial charge in [0.2, 0.25) is 0 Å². The molecule has 23 heavy (non-hydrogen) atoms. The van der Waals surface area contributed by atoms with E-state index in [-0.39, 0.29) is 0 Å². The van der Waals surface area contributed by atoms with Crippen molar-refractivity contribution in [3.05, 3.63) is 35.2 Å². The zero-order chi connectivity index (χ0) is 16.2. The molecule has 2 aromatic rings. The summed E-state index contributed by atoms with van der Waals surface area (Å²) in [6, 6.07) is 1.95. The Bertz CT molecular complexity index is 774. The predicted octanol–water partition coefficient (Wildman–Crippen LogP) is 2.97. The summed E-state index contributed by atoms with van der Waals surface area (Å²) in [5.74, 6) is 0.920. The number of nitrogens with zero attached hydrogens (tertiary/aromatic N) is 4. The summed E-state index contributed by atoms with van der Waals surface area (Å²) in [6.45, 7) is 8.63. The molecular formula is C16H18ClN5O. The van der Waals surface area contributed by atoms with Gasteiger partial charge in [-0.15, -0.1) is 0 Å². The molecule has 0 aromatic carbocycles. The van der Waals surface area contributed by atoms with Crippen LogP contribution in [0, 0.1) is 0 Å². The van der Waals surface area contributed by atoms with Crippen LogP contribution < -0.4 is 0 Å². The molecule has 0 amide bonds. The third kappa shape index (κ3) is 3.43. The van der Waals surface area contributed by atoms with Crippen LogP contribution in [0.3, 0.4) is 0 Å². The van der Waals surface area contributed by atoms with Gasteiger partial charge in [0.1, 0.15) is 11.5 Å². The highest BCUT2D eigenvalue weighted by atomic mass is 35.5. The molecule has 0 unspecified atom stereocenters. The zero-order valence-electron chi connectivity index (χ0n) is 12.9. The molecule has 2 aromatic heterocycles. The van der Waals surface area contributed by atoms with E-state index in [0.29, 0.717) is 10.7 Å². The first-order valence-corrected chi connectivity index (χ1v) is 7.74. The van der Waals surface area contributed by atoms with Crippen LogP contribution in [0.4, 0.5) is 0 Å². The Hall–Kier alpha value is -2.18. The number of halogens is 1. The minimum Gasteiger partial charge on any atom is -0.378 e. The second kappa shape index (κ2) is 6.93. The molecule has 1 aliphatic heterocycles. The van der Waals surface area contributed by atoms with Crippen molar-refractivity contribution in [2.24, 2.45) is 9.98 Å². The van der Waals surface area contributed by atoms with Crippen LogP contribution in [0.1, 0.15) is 12.5 Å². The Morgan fingerprint density at radius 2 is 2.26 bits per heavy atom. The second-order valence-electron chi connectivity index (χ2n) is 5.21. The first-order chi connectivity index (χ1) is 11.2. The number of pyridine rings is 1. The topological polar surface area (TPSA) is 65.9 Å². The summed E-state index contributed by atoms with van der Waals surface area (Å²) in [6.07, 6.45) is 5.11. The molecule has 0 bridgehead atoms. The van der Waals surface area contributed by atoms with Crippen LogP contribution in [0.5, 0.6) is 0 Å². The largest absolute Gasteiger partial charge is 0.378 e. The standard InChI is InChI=1S/C16H18ClN5O/c1-11(22-3-5-23-6-4-22)21-15(10-18-2)12-7-13-14(17)9-20-16(13)19-8-12/h7-10H,2-6H2,1H3,(H,19,20)/b15-10-,21-11?. The fourth-order valence-corrected chi connectivity index (χ4v) is 2.70. The maximum atomic E-state index is 6.17. The number of ether oxygens (including phenoxy) is 1. The monoisotopic (exact) mass is 331 g/mol. The first kappa shape index (κ1) is 15.7. The van der Waals surface area contributed by atoms with E-state index in [0.717, 1.165) is 48.7 Å². The van der Waals surface area contributed by atoms with Crippen LogP contribution in [0.25, 0.3) is 16.7 Å². The van der Waals surface area contributed by atoms with E-state index in [2.05, 4.69) is 26.6 Å². The molecule has 7 heteroatoms. The summed E-state index contributed by atoms with van der Waals surface area (Å²) in [5, 5.41) is 1.49. The molecular weight excluding hydrogens is 314 g/mol. The Morgan fingerprint density at radius 3 is 3.00 bits per heavy atom. The highest BCUT2D eigenvalue weighted by Crippen LogP contribution is 2.26. The number of hydrogen-bond acceptors (Lipinski definition) is 4. The summed E-state index contributed by atoms with van der Waals surface area (Å²) in [4.78, 5) is 18.2. The van der Waals surface area contributed by atoms with E-state index in [1.54, 1.807) is 18.6 Å². The number of rotatable bonds is 3. The van der Waals surface area contributed by atoms with Gasteiger partial charge < -0.3 is 14.6 Å². The predicted molar refractivity (Wildman–Crippen MR) is 94.1 cm³/mol. The molecule has 0 atom stereocenters. The SMILES string of the molecule is C=N/C=C(\N=C(C)N1CCOCC1)c1cnc2[nH]cc(Cl)c2c1. The lowest BCUT2D eigenvalue weighted by Gasteiger charge is -2.28. The third-order valence-electron chi connectivity index (χ3n) is 3.74. The third-order valence-corrected chi connectivity index (χ3v) is 4.05. The highest BCUT2D eigenvalue weighted by molar-refractivity contribution is 6.35. The Morgan fingerprint density at radius 1 is 1.48 bits per heavy atom. The normalized spacial score (nSPS) is 16.9. The molecule has 0 saturated carbocycles. The van der Waals surface area contributed by atoms with Gasteiger partial charge in [-0.3, -0.25) is 4.99 Å². The number of aromatic nitrogens is 2. The van der Waals surface area contributed by atoms with Crippen molar-refractivity contribution in [2.45, 2.75) is 6.92 Å². The van der Waals surface area contributed by atoms with Gasteiger partial charge in [0, 0.05) is 36.4 Å². The molecule has 0 radical (unpaired) electrons. The average Bonchev–Trinajstić information content (AvgIpc) is 2.96. The minimum atomic E-state index is 0.633. The van der Waals surface area contributed by atoms with E-state index in [1.165, 1.54) is 0 Å². The van der Waals surface area contributed by atoms with Crippen LogP contribution >= 0.6 is 11.6 Å². The van der Waals surface area contributed by atoms with Crippen LogP contribution in [-0.2, 0) is 4.74 Å². The molecule has 1 saturated heterocycles. The van der Waals surface area contributed by atoms with Gasteiger partial charge in [0.05, 0.1) is 30.1 Å². The van der Waals surface area contributed by atoms with Gasteiger partial charge in [-0.1, -0.05) is 11.6 Å². The molecule has 0 spiro atoms. The van der Waals surface area contributed by atoms with E-state index in [4.69, 9.17) is 21.3 Å². The summed E-state index contributed by atoms with van der Waals surface area (Å²) in [5.41, 5.74) is 2.30. The number of aromatic amines is 1. The van der Waals surface area contributed by atoms with Crippen molar-refractivity contribution in [3.63, 3.8) is 0 Å². The quantitative estimate of drug-likeness (QED) is 0.694. The molecule has 6 nitrogen and oxygen atoms in total. The summed E-state index contributed by atoms with van der Waals surface area (Å²) < 4.78 is 5.37. The van der Waals surface area contributed by atoms with E-state index < -0.39 is 0 Å². The van der Waals surface area contributed by atoms with Crippen molar-refractivity contribution >= 4 is 40.9 Å². The lowest BCUT2D eigenvalue weighted by Crippen LogP contribution is -2.39. The van der Waals surface area contributed by atoms with E-state index in [9.17, 15) is 0 Å². The Balaban J connectivity index is 1.95. The maximum Gasteiger partial charge on any atom is 0.138 e. The fourth-order valence-electron chi connectivity index (χ4n) is 2.50. The maximum absolute atomic E-state index is 6.17. The molecule has 3 heterocycles. The van der Waals surface area contributed by atoms with Crippen molar-refractivity contribution in [1.29, 1.82) is 0 Å². The number of hydrogen-bond donors (Lipinski definition) is 1. The van der Waals surface area contributed by atoms with Crippen molar-refractivity contribution in [1.82, 2.24) is 14.9 Å². The van der Waals surface area contributed by atoms with Crippen LogP contribution in [-0.4, -0.2) is 53.7 Å². The van der Waals surface area contributed by atoms with E-state index in [1.807, 2.05) is 13.0 Å². The molecule has 1 aliphatic rings. The smallest absolute Gasteiger partial charge is 0.138 e. The van der Waals surface area contributed by atoms with Crippen molar-refractivity contribution < 1.29 is 4.74 Å². The second-order valence-corrected chi connectivity index (χ2v) is 5.62. The molecule has 1 fully saturated rings. The first-order valence-electron chi connectivity index (χ1n) is 7.36. The van der Waals surface area contributed by atoms with Gasteiger partial charge in [0.25, 0.3) is 0 Å². The van der Waals surface area contributed by atoms with Gasteiger partial charge in [0.15, 0.2) is 0 Å². The minimum absolute atomic E-state index is 0.633. The highest BCUT2D eigenvalue weighted by Gasteiger charge is 2.13. The number of fused-ring (bicyclic) bond motifs is 1. The Labute approximate surface area is 139 Å².